The Labute approximate surface area is 118 Å². The van der Waals surface area contributed by atoms with E-state index in [1.807, 2.05) is 36.4 Å². The van der Waals surface area contributed by atoms with Gasteiger partial charge in [-0.05, 0) is 52.1 Å². The monoisotopic (exact) mass is 328 g/mol. The second-order valence-corrected chi connectivity index (χ2v) is 5.58. The van der Waals surface area contributed by atoms with Gasteiger partial charge in [-0.2, -0.15) is 0 Å². The Morgan fingerprint density at radius 1 is 1.24 bits per heavy atom. The molecule has 0 aliphatic carbocycles. The number of aromatic nitrogens is 1. The summed E-state index contributed by atoms with van der Waals surface area (Å²) in [4.78, 5) is 5.30. The standard InChI is InChI=1S/C12H10BrClN2S/c13-9-5-6-10(15-7-9)8-16-17-12-4-2-1-3-11(12)14/h1-7,16H,8H2. The molecular formula is C12H10BrClN2S. The second-order valence-electron chi connectivity index (χ2n) is 3.32. The van der Waals surface area contributed by atoms with Gasteiger partial charge in [-0.25, -0.2) is 0 Å². The Kier molecular flexibility index (Phi) is 4.86. The summed E-state index contributed by atoms with van der Waals surface area (Å²) in [7, 11) is 0. The van der Waals surface area contributed by atoms with Gasteiger partial charge >= 0.3 is 0 Å². The minimum absolute atomic E-state index is 0.698. The molecule has 0 fully saturated rings. The van der Waals surface area contributed by atoms with Crippen LogP contribution in [0.1, 0.15) is 5.69 Å². The lowest BCUT2D eigenvalue weighted by atomic mass is 10.4. The fourth-order valence-corrected chi connectivity index (χ4v) is 2.40. The molecule has 0 spiro atoms. The van der Waals surface area contributed by atoms with E-state index >= 15 is 0 Å². The first kappa shape index (κ1) is 12.9. The molecule has 2 rings (SSSR count). The van der Waals surface area contributed by atoms with Gasteiger partial charge in [0.1, 0.15) is 0 Å². The molecule has 0 aliphatic heterocycles. The van der Waals surface area contributed by atoms with Crippen LogP contribution in [0.2, 0.25) is 5.02 Å². The Morgan fingerprint density at radius 3 is 2.76 bits per heavy atom. The number of nitrogens with one attached hydrogen (secondary N) is 1. The van der Waals surface area contributed by atoms with Gasteiger partial charge in [-0.15, -0.1) is 0 Å². The van der Waals surface area contributed by atoms with Crippen LogP contribution >= 0.6 is 39.5 Å². The summed E-state index contributed by atoms with van der Waals surface area (Å²) in [6.45, 7) is 0.698. The van der Waals surface area contributed by atoms with E-state index in [9.17, 15) is 0 Å². The van der Waals surface area contributed by atoms with E-state index in [1.54, 1.807) is 6.20 Å². The van der Waals surface area contributed by atoms with Gasteiger partial charge in [0.25, 0.3) is 0 Å². The number of pyridine rings is 1. The number of halogens is 2. The average molecular weight is 330 g/mol. The highest BCUT2D eigenvalue weighted by atomic mass is 79.9. The SMILES string of the molecule is Clc1ccccc1SNCc1ccc(Br)cn1. The first-order valence-electron chi connectivity index (χ1n) is 5.00. The van der Waals surface area contributed by atoms with E-state index in [2.05, 4.69) is 25.6 Å². The molecule has 0 bridgehead atoms. The second kappa shape index (κ2) is 6.40. The Balaban J connectivity index is 1.88. The predicted octanol–water partition coefficient (Wildman–Crippen LogP) is 4.29. The minimum atomic E-state index is 0.698. The first-order valence-corrected chi connectivity index (χ1v) is 6.99. The van der Waals surface area contributed by atoms with Crippen LogP contribution in [0, 0.1) is 0 Å². The maximum atomic E-state index is 6.04. The summed E-state index contributed by atoms with van der Waals surface area (Å²) >= 11 is 10.9. The third-order valence-electron chi connectivity index (χ3n) is 2.06. The average Bonchev–Trinajstić information content (AvgIpc) is 2.34. The quantitative estimate of drug-likeness (QED) is 0.847. The molecule has 1 aromatic carbocycles. The number of nitrogens with zero attached hydrogens (tertiary/aromatic N) is 1. The molecule has 0 atom stereocenters. The van der Waals surface area contributed by atoms with E-state index in [1.165, 1.54) is 11.9 Å². The lowest BCUT2D eigenvalue weighted by Gasteiger charge is -2.05. The maximum absolute atomic E-state index is 6.04. The van der Waals surface area contributed by atoms with Crippen molar-refractivity contribution in [1.82, 2.24) is 9.71 Å². The van der Waals surface area contributed by atoms with Crippen LogP contribution in [0.5, 0.6) is 0 Å². The van der Waals surface area contributed by atoms with E-state index in [0.29, 0.717) is 6.54 Å². The molecule has 2 nitrogen and oxygen atoms in total. The Morgan fingerprint density at radius 2 is 2.06 bits per heavy atom. The van der Waals surface area contributed by atoms with Crippen molar-refractivity contribution >= 4 is 39.5 Å². The lowest BCUT2D eigenvalue weighted by molar-refractivity contribution is 0.919. The van der Waals surface area contributed by atoms with Gasteiger partial charge in [0, 0.05) is 22.1 Å². The topological polar surface area (TPSA) is 24.9 Å². The zero-order valence-corrected chi connectivity index (χ0v) is 12.0. The highest BCUT2D eigenvalue weighted by molar-refractivity contribution is 9.10. The molecule has 17 heavy (non-hydrogen) atoms. The largest absolute Gasteiger partial charge is 0.259 e. The van der Waals surface area contributed by atoms with Crippen LogP contribution in [0.25, 0.3) is 0 Å². The van der Waals surface area contributed by atoms with E-state index < -0.39 is 0 Å². The van der Waals surface area contributed by atoms with Crippen molar-refractivity contribution in [2.24, 2.45) is 0 Å². The maximum Gasteiger partial charge on any atom is 0.0555 e. The molecule has 0 amide bonds. The van der Waals surface area contributed by atoms with Crippen molar-refractivity contribution in [3.8, 4) is 0 Å². The molecule has 1 N–H and O–H groups in total. The zero-order chi connectivity index (χ0) is 12.1. The molecule has 0 radical (unpaired) electrons. The van der Waals surface area contributed by atoms with Crippen LogP contribution in [0.4, 0.5) is 0 Å². The third kappa shape index (κ3) is 4.00. The van der Waals surface area contributed by atoms with E-state index in [-0.39, 0.29) is 0 Å². The third-order valence-corrected chi connectivity index (χ3v) is 3.84. The molecule has 88 valence electrons. The highest BCUT2D eigenvalue weighted by Gasteiger charge is 2.00. The van der Waals surface area contributed by atoms with Gasteiger partial charge in [0.2, 0.25) is 0 Å². The lowest BCUT2D eigenvalue weighted by Crippen LogP contribution is -2.04. The summed E-state index contributed by atoms with van der Waals surface area (Å²) in [5.41, 5.74) is 0.993. The van der Waals surface area contributed by atoms with Gasteiger partial charge in [-0.3, -0.25) is 9.71 Å². The fourth-order valence-electron chi connectivity index (χ4n) is 1.23. The summed E-state index contributed by atoms with van der Waals surface area (Å²) in [6, 6.07) is 11.7. The van der Waals surface area contributed by atoms with Gasteiger partial charge in [0.05, 0.1) is 10.7 Å². The summed E-state index contributed by atoms with van der Waals surface area (Å²) in [5, 5.41) is 0.758. The smallest absolute Gasteiger partial charge is 0.0555 e. The summed E-state index contributed by atoms with van der Waals surface area (Å²) in [6.07, 6.45) is 1.79. The fraction of sp³-hybridized carbons (Fsp3) is 0.0833. The molecule has 0 unspecified atom stereocenters. The predicted molar refractivity (Wildman–Crippen MR) is 76.1 cm³/mol. The number of hydrogen-bond acceptors (Lipinski definition) is 3. The van der Waals surface area contributed by atoms with Crippen LogP contribution in [0.15, 0.2) is 52.0 Å². The Bertz CT molecular complexity index is 490. The number of rotatable bonds is 4. The van der Waals surface area contributed by atoms with Crippen molar-refractivity contribution in [1.29, 1.82) is 0 Å². The Hall–Kier alpha value is -0.550. The minimum Gasteiger partial charge on any atom is -0.259 e. The van der Waals surface area contributed by atoms with Crippen molar-refractivity contribution < 1.29 is 0 Å². The highest BCUT2D eigenvalue weighted by Crippen LogP contribution is 2.24. The van der Waals surface area contributed by atoms with Crippen molar-refractivity contribution in [2.45, 2.75) is 11.4 Å². The number of hydrogen-bond donors (Lipinski definition) is 1. The molecule has 1 aromatic heterocycles. The molecular weight excluding hydrogens is 320 g/mol. The van der Waals surface area contributed by atoms with Crippen LogP contribution < -0.4 is 4.72 Å². The summed E-state index contributed by atoms with van der Waals surface area (Å²) in [5.74, 6) is 0. The molecule has 1 heterocycles. The molecule has 0 saturated carbocycles. The van der Waals surface area contributed by atoms with Gasteiger partial charge in [-0.1, -0.05) is 23.7 Å². The molecule has 0 aliphatic rings. The van der Waals surface area contributed by atoms with Crippen LogP contribution in [0.3, 0.4) is 0 Å². The van der Waals surface area contributed by atoms with Crippen molar-refractivity contribution in [2.75, 3.05) is 0 Å². The van der Waals surface area contributed by atoms with Gasteiger partial charge in [0.15, 0.2) is 0 Å². The van der Waals surface area contributed by atoms with Crippen molar-refractivity contribution in [3.05, 3.63) is 57.8 Å². The van der Waals surface area contributed by atoms with Crippen LogP contribution in [-0.4, -0.2) is 4.98 Å². The zero-order valence-electron chi connectivity index (χ0n) is 8.86. The number of benzene rings is 1. The van der Waals surface area contributed by atoms with E-state index in [4.69, 9.17) is 11.6 Å². The first-order chi connectivity index (χ1) is 8.25. The molecule has 2 aromatic rings. The van der Waals surface area contributed by atoms with E-state index in [0.717, 1.165) is 20.1 Å². The van der Waals surface area contributed by atoms with Gasteiger partial charge < -0.3 is 0 Å². The normalized spacial score (nSPS) is 10.5. The summed E-state index contributed by atoms with van der Waals surface area (Å²) < 4.78 is 4.22. The molecule has 0 saturated heterocycles. The van der Waals surface area contributed by atoms with Crippen molar-refractivity contribution in [3.63, 3.8) is 0 Å². The molecule has 5 heteroatoms. The van der Waals surface area contributed by atoms with Crippen LogP contribution in [-0.2, 0) is 6.54 Å².